The van der Waals surface area contributed by atoms with Crippen molar-refractivity contribution in [1.82, 2.24) is 4.90 Å². The van der Waals surface area contributed by atoms with Crippen LogP contribution in [0, 0.1) is 17.0 Å². The molecule has 176 valence electrons. The fourth-order valence-corrected chi connectivity index (χ4v) is 3.99. The van der Waals surface area contributed by atoms with Crippen molar-refractivity contribution in [3.63, 3.8) is 0 Å². The molecule has 1 aliphatic rings. The molecule has 0 aromatic heterocycles. The lowest BCUT2D eigenvalue weighted by molar-refractivity contribution is -0.385. The molecule has 1 heterocycles. The normalized spacial score (nSPS) is 14.0. The van der Waals surface area contributed by atoms with Gasteiger partial charge < -0.3 is 15.0 Å². The van der Waals surface area contributed by atoms with Crippen LogP contribution < -0.4 is 15.0 Å². The van der Waals surface area contributed by atoms with E-state index in [2.05, 4.69) is 39.4 Å². The van der Waals surface area contributed by atoms with E-state index in [0.29, 0.717) is 5.69 Å². The molecule has 1 fully saturated rings. The first kappa shape index (κ1) is 23.3. The average Bonchev–Trinajstić information content (AvgIpc) is 2.85. The van der Waals surface area contributed by atoms with Crippen molar-refractivity contribution in [2.45, 2.75) is 13.5 Å². The van der Waals surface area contributed by atoms with Gasteiger partial charge in [0, 0.05) is 50.2 Å². The second kappa shape index (κ2) is 10.8. The van der Waals surface area contributed by atoms with Gasteiger partial charge in [-0.25, -0.2) is 0 Å². The van der Waals surface area contributed by atoms with E-state index < -0.39 is 4.92 Å². The van der Waals surface area contributed by atoms with Gasteiger partial charge in [-0.1, -0.05) is 36.4 Å². The van der Waals surface area contributed by atoms with Crippen molar-refractivity contribution in [2.75, 3.05) is 43.0 Å². The Morgan fingerprint density at radius 2 is 1.71 bits per heavy atom. The Balaban J connectivity index is 1.25. The maximum absolute atomic E-state index is 12.3. The standard InChI is InChI=1S/C26H28N4O4/c1-20-7-12-25(24(17-20)30(32)33)34-19-26(31)27-22-8-10-23(11-9-22)29-15-13-28(14-16-29)18-21-5-3-2-4-6-21/h2-12,17H,13-16,18-19H2,1H3,(H,27,31). The number of ether oxygens (including phenoxy) is 1. The van der Waals surface area contributed by atoms with Gasteiger partial charge in [-0.05, 0) is 48.4 Å². The summed E-state index contributed by atoms with van der Waals surface area (Å²) in [6.07, 6.45) is 0. The van der Waals surface area contributed by atoms with Crippen LogP contribution in [0.15, 0.2) is 72.8 Å². The Labute approximate surface area is 198 Å². The Kier molecular flexibility index (Phi) is 7.39. The van der Waals surface area contributed by atoms with Crippen molar-refractivity contribution in [2.24, 2.45) is 0 Å². The predicted octanol–water partition coefficient (Wildman–Crippen LogP) is 4.24. The van der Waals surface area contributed by atoms with Crippen LogP contribution in [0.5, 0.6) is 5.75 Å². The van der Waals surface area contributed by atoms with Gasteiger partial charge in [-0.15, -0.1) is 0 Å². The molecular weight excluding hydrogens is 432 g/mol. The van der Waals surface area contributed by atoms with Gasteiger partial charge >= 0.3 is 5.69 Å². The maximum atomic E-state index is 12.3. The summed E-state index contributed by atoms with van der Waals surface area (Å²) in [5.74, 6) is -0.301. The minimum atomic E-state index is -0.513. The smallest absolute Gasteiger partial charge is 0.311 e. The van der Waals surface area contributed by atoms with E-state index in [-0.39, 0.29) is 24.0 Å². The van der Waals surface area contributed by atoms with Gasteiger partial charge in [0.1, 0.15) is 0 Å². The van der Waals surface area contributed by atoms with E-state index in [1.165, 1.54) is 17.7 Å². The lowest BCUT2D eigenvalue weighted by atomic mass is 10.2. The summed E-state index contributed by atoms with van der Waals surface area (Å²) in [6, 6.07) is 22.9. The number of hydrogen-bond donors (Lipinski definition) is 1. The zero-order valence-corrected chi connectivity index (χ0v) is 19.1. The van der Waals surface area contributed by atoms with Crippen LogP contribution in [0.4, 0.5) is 17.1 Å². The summed E-state index contributed by atoms with van der Waals surface area (Å²) in [4.78, 5) is 27.8. The molecule has 0 atom stereocenters. The Bertz CT molecular complexity index is 1130. The van der Waals surface area contributed by atoms with E-state index in [0.717, 1.165) is 44.0 Å². The zero-order valence-electron chi connectivity index (χ0n) is 19.1. The highest BCUT2D eigenvalue weighted by Crippen LogP contribution is 2.27. The summed E-state index contributed by atoms with van der Waals surface area (Å²) in [5, 5.41) is 14.0. The first-order chi connectivity index (χ1) is 16.5. The lowest BCUT2D eigenvalue weighted by Crippen LogP contribution is -2.45. The summed E-state index contributed by atoms with van der Waals surface area (Å²) in [7, 11) is 0. The molecule has 8 nitrogen and oxygen atoms in total. The molecule has 1 N–H and O–H groups in total. The monoisotopic (exact) mass is 460 g/mol. The van der Waals surface area contributed by atoms with Crippen LogP contribution in [0.3, 0.4) is 0 Å². The number of carbonyl (C=O) groups is 1. The van der Waals surface area contributed by atoms with Gasteiger partial charge in [0.05, 0.1) is 4.92 Å². The van der Waals surface area contributed by atoms with Crippen LogP contribution >= 0.6 is 0 Å². The quantitative estimate of drug-likeness (QED) is 0.400. The topological polar surface area (TPSA) is 88.0 Å². The molecule has 3 aromatic carbocycles. The third-order valence-corrected chi connectivity index (χ3v) is 5.81. The molecule has 1 aliphatic heterocycles. The summed E-state index contributed by atoms with van der Waals surface area (Å²) in [5.41, 5.74) is 3.70. The Morgan fingerprint density at radius 3 is 2.38 bits per heavy atom. The SMILES string of the molecule is Cc1ccc(OCC(=O)Nc2ccc(N3CCN(Cc4ccccc4)CC3)cc2)c([N+](=O)[O-])c1. The van der Waals surface area contributed by atoms with Gasteiger partial charge in [0.15, 0.2) is 12.4 Å². The molecule has 3 aromatic rings. The molecule has 0 bridgehead atoms. The number of amides is 1. The minimum absolute atomic E-state index is 0.0764. The van der Waals surface area contributed by atoms with Crippen molar-refractivity contribution in [1.29, 1.82) is 0 Å². The van der Waals surface area contributed by atoms with Crippen LogP contribution in [-0.2, 0) is 11.3 Å². The number of nitrogens with one attached hydrogen (secondary N) is 1. The van der Waals surface area contributed by atoms with Gasteiger partial charge in [0.2, 0.25) is 0 Å². The zero-order chi connectivity index (χ0) is 23.9. The van der Waals surface area contributed by atoms with Crippen molar-refractivity contribution >= 4 is 23.0 Å². The highest BCUT2D eigenvalue weighted by Gasteiger charge is 2.18. The number of nitrogens with zero attached hydrogens (tertiary/aromatic N) is 3. The molecule has 0 unspecified atom stereocenters. The molecule has 1 amide bonds. The van der Waals surface area contributed by atoms with Gasteiger partial charge in [-0.3, -0.25) is 19.8 Å². The number of carbonyl (C=O) groups excluding carboxylic acids is 1. The average molecular weight is 461 g/mol. The number of rotatable bonds is 8. The lowest BCUT2D eigenvalue weighted by Gasteiger charge is -2.36. The Hall–Kier alpha value is -3.91. The molecule has 34 heavy (non-hydrogen) atoms. The number of anilines is 2. The number of piperazine rings is 1. The third kappa shape index (κ3) is 6.11. The number of nitro benzene ring substituents is 1. The highest BCUT2D eigenvalue weighted by molar-refractivity contribution is 5.92. The first-order valence-corrected chi connectivity index (χ1v) is 11.3. The molecule has 0 aliphatic carbocycles. The number of nitro groups is 1. The van der Waals surface area contributed by atoms with E-state index in [1.54, 1.807) is 13.0 Å². The van der Waals surface area contributed by atoms with Gasteiger partial charge in [0.25, 0.3) is 5.91 Å². The first-order valence-electron chi connectivity index (χ1n) is 11.3. The van der Waals surface area contributed by atoms with E-state index in [4.69, 9.17) is 4.74 Å². The molecule has 0 radical (unpaired) electrons. The summed E-state index contributed by atoms with van der Waals surface area (Å²) >= 11 is 0. The molecule has 4 rings (SSSR count). The molecule has 8 heteroatoms. The summed E-state index contributed by atoms with van der Waals surface area (Å²) in [6.45, 7) is 6.30. The second-order valence-electron chi connectivity index (χ2n) is 8.36. The summed E-state index contributed by atoms with van der Waals surface area (Å²) < 4.78 is 5.39. The number of benzene rings is 3. The van der Waals surface area contributed by atoms with E-state index in [1.807, 2.05) is 30.3 Å². The number of hydrogen-bond acceptors (Lipinski definition) is 6. The van der Waals surface area contributed by atoms with Crippen LogP contribution in [0.1, 0.15) is 11.1 Å². The Morgan fingerprint density at radius 1 is 1.00 bits per heavy atom. The van der Waals surface area contributed by atoms with Crippen molar-refractivity contribution in [3.8, 4) is 5.75 Å². The maximum Gasteiger partial charge on any atom is 0.311 e. The highest BCUT2D eigenvalue weighted by atomic mass is 16.6. The molecule has 0 saturated carbocycles. The fourth-order valence-electron chi connectivity index (χ4n) is 3.99. The van der Waals surface area contributed by atoms with Crippen LogP contribution in [0.2, 0.25) is 0 Å². The molecular formula is C26H28N4O4. The molecule has 1 saturated heterocycles. The van der Waals surface area contributed by atoms with E-state index >= 15 is 0 Å². The van der Waals surface area contributed by atoms with Gasteiger partial charge in [-0.2, -0.15) is 0 Å². The van der Waals surface area contributed by atoms with Crippen molar-refractivity contribution in [3.05, 3.63) is 94.0 Å². The van der Waals surface area contributed by atoms with Crippen LogP contribution in [-0.4, -0.2) is 48.5 Å². The van der Waals surface area contributed by atoms with Crippen LogP contribution in [0.25, 0.3) is 0 Å². The fraction of sp³-hybridized carbons (Fsp3) is 0.269. The number of aryl methyl sites for hydroxylation is 1. The minimum Gasteiger partial charge on any atom is -0.477 e. The predicted molar refractivity (Wildman–Crippen MR) is 132 cm³/mol. The third-order valence-electron chi connectivity index (χ3n) is 5.81. The second-order valence-corrected chi connectivity index (χ2v) is 8.36. The van der Waals surface area contributed by atoms with E-state index in [9.17, 15) is 14.9 Å². The largest absolute Gasteiger partial charge is 0.477 e. The molecule has 0 spiro atoms. The van der Waals surface area contributed by atoms with Crippen molar-refractivity contribution < 1.29 is 14.5 Å².